The second-order valence-corrected chi connectivity index (χ2v) is 6.79. The highest BCUT2D eigenvalue weighted by atomic mass is 79.9. The zero-order valence-corrected chi connectivity index (χ0v) is 13.4. The number of ether oxygens (including phenoxy) is 1. The number of hydrogen-bond donors (Lipinski definition) is 1. The number of nitrogens with one attached hydrogen (secondary N) is 1. The Bertz CT molecular complexity index is 349. The molecule has 18 heavy (non-hydrogen) atoms. The van der Waals surface area contributed by atoms with Crippen LogP contribution in [-0.2, 0) is 11.2 Å². The molecule has 0 aromatic carbocycles. The van der Waals surface area contributed by atoms with Crippen LogP contribution >= 0.6 is 27.3 Å². The number of hydrogen-bond acceptors (Lipinski definition) is 3. The van der Waals surface area contributed by atoms with Crippen molar-refractivity contribution in [2.24, 2.45) is 5.92 Å². The lowest BCUT2D eigenvalue weighted by atomic mass is 9.91. The van der Waals surface area contributed by atoms with Crippen LogP contribution < -0.4 is 5.32 Å². The summed E-state index contributed by atoms with van der Waals surface area (Å²) < 4.78 is 6.90. The van der Waals surface area contributed by atoms with Gasteiger partial charge in [0.2, 0.25) is 0 Å². The molecule has 4 heteroatoms. The molecule has 0 bridgehead atoms. The minimum atomic E-state index is 0.556. The summed E-state index contributed by atoms with van der Waals surface area (Å²) in [5, 5.41) is 5.87. The molecule has 102 valence electrons. The second kappa shape index (κ2) is 7.63. The predicted molar refractivity (Wildman–Crippen MR) is 81.3 cm³/mol. The van der Waals surface area contributed by atoms with Gasteiger partial charge in [0.1, 0.15) is 0 Å². The largest absolute Gasteiger partial charge is 0.381 e. The summed E-state index contributed by atoms with van der Waals surface area (Å²) in [6, 6.07) is 2.70. The van der Waals surface area contributed by atoms with Crippen LogP contribution in [0, 0.1) is 5.92 Å². The molecule has 1 aromatic rings. The summed E-state index contributed by atoms with van der Waals surface area (Å²) in [5.41, 5.74) is 0. The molecule has 1 aliphatic heterocycles. The Labute approximate surface area is 122 Å². The van der Waals surface area contributed by atoms with E-state index in [1.165, 1.54) is 28.6 Å². The van der Waals surface area contributed by atoms with Crippen molar-refractivity contribution < 1.29 is 4.74 Å². The Morgan fingerprint density at radius 1 is 1.61 bits per heavy atom. The van der Waals surface area contributed by atoms with Crippen LogP contribution in [0.25, 0.3) is 0 Å². The molecule has 0 amide bonds. The lowest BCUT2D eigenvalue weighted by Gasteiger charge is -2.31. The molecule has 2 heterocycles. The van der Waals surface area contributed by atoms with E-state index in [-0.39, 0.29) is 0 Å². The van der Waals surface area contributed by atoms with Gasteiger partial charge in [-0.3, -0.25) is 0 Å². The van der Waals surface area contributed by atoms with Gasteiger partial charge in [-0.05, 0) is 65.5 Å². The van der Waals surface area contributed by atoms with E-state index in [4.69, 9.17) is 4.74 Å². The lowest BCUT2D eigenvalue weighted by molar-refractivity contribution is 0.0394. The number of rotatable bonds is 6. The molecule has 1 aromatic heterocycles. The zero-order chi connectivity index (χ0) is 12.8. The van der Waals surface area contributed by atoms with Gasteiger partial charge in [0.25, 0.3) is 0 Å². The topological polar surface area (TPSA) is 21.3 Å². The summed E-state index contributed by atoms with van der Waals surface area (Å²) in [4.78, 5) is 1.45. The third kappa shape index (κ3) is 4.05. The molecular formula is C14H22BrNOS. The van der Waals surface area contributed by atoms with Crippen LogP contribution in [0.5, 0.6) is 0 Å². The van der Waals surface area contributed by atoms with Crippen LogP contribution in [0.3, 0.4) is 0 Å². The van der Waals surface area contributed by atoms with Gasteiger partial charge in [-0.15, -0.1) is 11.3 Å². The van der Waals surface area contributed by atoms with Crippen molar-refractivity contribution in [3.05, 3.63) is 20.8 Å². The standard InChI is InChI=1S/C14H22BrNOS/c1-2-6-16-13(11-4-3-7-17-10-11)9-14-12(15)5-8-18-14/h5,8,11,13,16H,2-4,6-7,9-10H2,1H3. The first-order chi connectivity index (χ1) is 8.81. The first kappa shape index (κ1) is 14.5. The van der Waals surface area contributed by atoms with E-state index in [0.29, 0.717) is 12.0 Å². The van der Waals surface area contributed by atoms with E-state index in [1.54, 1.807) is 0 Å². The quantitative estimate of drug-likeness (QED) is 0.854. The number of halogens is 1. The fourth-order valence-electron chi connectivity index (χ4n) is 2.49. The second-order valence-electron chi connectivity index (χ2n) is 4.93. The molecule has 0 spiro atoms. The van der Waals surface area contributed by atoms with Crippen molar-refractivity contribution in [1.29, 1.82) is 0 Å². The minimum Gasteiger partial charge on any atom is -0.381 e. The maximum atomic E-state index is 5.64. The smallest absolute Gasteiger partial charge is 0.0509 e. The monoisotopic (exact) mass is 331 g/mol. The molecule has 1 saturated heterocycles. The van der Waals surface area contributed by atoms with Gasteiger partial charge in [-0.2, -0.15) is 0 Å². The van der Waals surface area contributed by atoms with E-state index in [0.717, 1.165) is 26.2 Å². The van der Waals surface area contributed by atoms with Crippen LogP contribution in [0.1, 0.15) is 31.1 Å². The zero-order valence-electron chi connectivity index (χ0n) is 11.0. The first-order valence-electron chi connectivity index (χ1n) is 6.84. The lowest BCUT2D eigenvalue weighted by Crippen LogP contribution is -2.42. The maximum absolute atomic E-state index is 5.64. The third-order valence-electron chi connectivity index (χ3n) is 3.52. The molecule has 1 aliphatic rings. The summed E-state index contributed by atoms with van der Waals surface area (Å²) >= 11 is 5.49. The molecule has 2 nitrogen and oxygen atoms in total. The van der Waals surface area contributed by atoms with Crippen LogP contribution in [0.4, 0.5) is 0 Å². The van der Waals surface area contributed by atoms with Gasteiger partial charge in [-0.1, -0.05) is 6.92 Å². The molecule has 2 unspecified atom stereocenters. The fourth-order valence-corrected chi connectivity index (χ4v) is 4.06. The maximum Gasteiger partial charge on any atom is 0.0509 e. The highest BCUT2D eigenvalue weighted by molar-refractivity contribution is 9.10. The van der Waals surface area contributed by atoms with Gasteiger partial charge >= 0.3 is 0 Å². The van der Waals surface area contributed by atoms with Gasteiger partial charge in [0.15, 0.2) is 0 Å². The normalized spacial score (nSPS) is 22.0. The minimum absolute atomic E-state index is 0.556. The van der Waals surface area contributed by atoms with Gasteiger partial charge in [-0.25, -0.2) is 0 Å². The van der Waals surface area contributed by atoms with Gasteiger partial charge in [0.05, 0.1) is 6.61 Å². The van der Waals surface area contributed by atoms with E-state index in [2.05, 4.69) is 39.6 Å². The van der Waals surface area contributed by atoms with E-state index >= 15 is 0 Å². The molecule has 1 fully saturated rings. The SMILES string of the molecule is CCCNC(Cc1sccc1Br)C1CCCOC1. The van der Waals surface area contributed by atoms with Crippen molar-refractivity contribution in [2.75, 3.05) is 19.8 Å². The molecule has 0 radical (unpaired) electrons. The van der Waals surface area contributed by atoms with E-state index in [9.17, 15) is 0 Å². The van der Waals surface area contributed by atoms with E-state index in [1.807, 2.05) is 11.3 Å². The molecule has 0 aliphatic carbocycles. The van der Waals surface area contributed by atoms with Crippen LogP contribution in [-0.4, -0.2) is 25.8 Å². The summed E-state index contributed by atoms with van der Waals surface area (Å²) in [6.45, 7) is 5.19. The summed E-state index contributed by atoms with van der Waals surface area (Å²) in [5.74, 6) is 0.666. The molecular weight excluding hydrogens is 310 g/mol. The molecule has 2 rings (SSSR count). The highest BCUT2D eigenvalue weighted by Gasteiger charge is 2.24. The fraction of sp³-hybridized carbons (Fsp3) is 0.714. The highest BCUT2D eigenvalue weighted by Crippen LogP contribution is 2.27. The summed E-state index contributed by atoms with van der Waals surface area (Å²) in [7, 11) is 0. The van der Waals surface area contributed by atoms with Gasteiger partial charge in [0, 0.05) is 22.0 Å². The van der Waals surface area contributed by atoms with Crippen molar-refractivity contribution in [3.8, 4) is 0 Å². The molecule has 0 saturated carbocycles. The average Bonchev–Trinajstić information content (AvgIpc) is 2.81. The first-order valence-corrected chi connectivity index (χ1v) is 8.51. The Morgan fingerprint density at radius 3 is 3.11 bits per heavy atom. The average molecular weight is 332 g/mol. The Hall–Kier alpha value is 0.1000. The van der Waals surface area contributed by atoms with Gasteiger partial charge < -0.3 is 10.1 Å². The predicted octanol–water partition coefficient (Wildman–Crippen LogP) is 3.85. The Morgan fingerprint density at radius 2 is 2.50 bits per heavy atom. The van der Waals surface area contributed by atoms with Crippen molar-refractivity contribution in [1.82, 2.24) is 5.32 Å². The van der Waals surface area contributed by atoms with Crippen molar-refractivity contribution in [2.45, 2.75) is 38.6 Å². The van der Waals surface area contributed by atoms with E-state index < -0.39 is 0 Å². The Kier molecular flexibility index (Phi) is 6.15. The molecule has 1 N–H and O–H groups in total. The summed E-state index contributed by atoms with van der Waals surface area (Å²) in [6.07, 6.45) is 4.81. The number of thiophene rings is 1. The third-order valence-corrected chi connectivity index (χ3v) is 5.47. The van der Waals surface area contributed by atoms with Crippen LogP contribution in [0.15, 0.2) is 15.9 Å². The van der Waals surface area contributed by atoms with Crippen LogP contribution in [0.2, 0.25) is 0 Å². The Balaban J connectivity index is 1.97. The van der Waals surface area contributed by atoms with Crippen molar-refractivity contribution in [3.63, 3.8) is 0 Å². The van der Waals surface area contributed by atoms with Crippen molar-refractivity contribution >= 4 is 27.3 Å². The molecule has 2 atom stereocenters.